The highest BCUT2D eigenvalue weighted by molar-refractivity contribution is 6.29. The van der Waals surface area contributed by atoms with Crippen LogP contribution in [0.2, 0.25) is 0 Å². The maximum atomic E-state index is 12.3. The SMILES string of the molecule is C=N/C(Cl)=C\C=C(/C)C(=O)NC1C2CC3CC(C2)CC1C3. The molecule has 21 heavy (non-hydrogen) atoms. The van der Waals surface area contributed by atoms with Crippen LogP contribution in [0.1, 0.15) is 39.0 Å². The van der Waals surface area contributed by atoms with Crippen LogP contribution in [0.5, 0.6) is 0 Å². The van der Waals surface area contributed by atoms with Gasteiger partial charge in [-0.25, -0.2) is 0 Å². The van der Waals surface area contributed by atoms with E-state index in [1.54, 1.807) is 12.2 Å². The van der Waals surface area contributed by atoms with Crippen molar-refractivity contribution in [3.8, 4) is 0 Å². The third-order valence-electron chi connectivity index (χ3n) is 5.50. The van der Waals surface area contributed by atoms with Crippen molar-refractivity contribution in [2.75, 3.05) is 0 Å². The highest BCUT2D eigenvalue weighted by atomic mass is 35.5. The molecule has 0 heterocycles. The zero-order chi connectivity index (χ0) is 15.0. The second kappa shape index (κ2) is 5.96. The summed E-state index contributed by atoms with van der Waals surface area (Å²) < 4.78 is 0. The topological polar surface area (TPSA) is 41.5 Å². The molecule has 4 saturated carbocycles. The number of amides is 1. The summed E-state index contributed by atoms with van der Waals surface area (Å²) in [5.74, 6) is 3.28. The van der Waals surface area contributed by atoms with Crippen LogP contribution in [-0.4, -0.2) is 18.7 Å². The lowest BCUT2D eigenvalue weighted by atomic mass is 9.54. The molecule has 0 aromatic carbocycles. The number of allylic oxidation sites excluding steroid dienone is 2. The van der Waals surface area contributed by atoms with Gasteiger partial charge in [0.05, 0.1) is 0 Å². The van der Waals surface area contributed by atoms with Crippen LogP contribution in [0.3, 0.4) is 0 Å². The highest BCUT2D eigenvalue weighted by Gasteiger charge is 2.48. The molecule has 3 nitrogen and oxygen atoms in total. The molecular weight excluding hydrogens is 284 g/mol. The molecule has 0 aliphatic heterocycles. The molecule has 0 aromatic heterocycles. The van der Waals surface area contributed by atoms with Gasteiger partial charge in [-0.2, -0.15) is 0 Å². The Hall–Kier alpha value is -1.09. The first-order chi connectivity index (χ1) is 10.1. The van der Waals surface area contributed by atoms with E-state index in [0.29, 0.717) is 28.6 Å². The number of hydrogen-bond donors (Lipinski definition) is 1. The number of nitrogens with zero attached hydrogens (tertiary/aromatic N) is 1. The molecule has 4 fully saturated rings. The Kier molecular flexibility index (Phi) is 4.21. The van der Waals surface area contributed by atoms with E-state index in [1.165, 1.54) is 32.1 Å². The summed E-state index contributed by atoms with van der Waals surface area (Å²) in [4.78, 5) is 15.9. The molecule has 4 rings (SSSR count). The van der Waals surface area contributed by atoms with Crippen LogP contribution in [0, 0.1) is 23.7 Å². The van der Waals surface area contributed by atoms with E-state index in [2.05, 4.69) is 17.0 Å². The first kappa shape index (κ1) is 14.8. The first-order valence-electron chi connectivity index (χ1n) is 7.88. The van der Waals surface area contributed by atoms with Crippen molar-refractivity contribution in [1.29, 1.82) is 0 Å². The highest BCUT2D eigenvalue weighted by Crippen LogP contribution is 2.53. The predicted molar refractivity (Wildman–Crippen MR) is 86.2 cm³/mol. The first-order valence-corrected chi connectivity index (χ1v) is 8.26. The quantitative estimate of drug-likeness (QED) is 0.366. The van der Waals surface area contributed by atoms with E-state index in [9.17, 15) is 4.79 Å². The van der Waals surface area contributed by atoms with E-state index in [1.807, 2.05) is 6.92 Å². The third-order valence-corrected chi connectivity index (χ3v) is 5.75. The monoisotopic (exact) mass is 306 g/mol. The van der Waals surface area contributed by atoms with E-state index in [0.717, 1.165) is 11.8 Å². The van der Waals surface area contributed by atoms with Gasteiger partial charge in [0.25, 0.3) is 0 Å². The number of carbonyl (C=O) groups is 1. The van der Waals surface area contributed by atoms with Crippen LogP contribution in [-0.2, 0) is 4.79 Å². The van der Waals surface area contributed by atoms with Crippen LogP contribution >= 0.6 is 11.6 Å². The molecule has 0 spiro atoms. The number of rotatable bonds is 4. The molecule has 1 N–H and O–H groups in total. The summed E-state index contributed by atoms with van der Waals surface area (Å²) in [5.41, 5.74) is 0.672. The second-order valence-corrected chi connectivity index (χ2v) is 7.31. The van der Waals surface area contributed by atoms with Gasteiger partial charge in [0.15, 0.2) is 0 Å². The molecule has 114 valence electrons. The summed E-state index contributed by atoms with van der Waals surface area (Å²) >= 11 is 5.76. The fourth-order valence-corrected chi connectivity index (χ4v) is 4.81. The smallest absolute Gasteiger partial charge is 0.247 e. The molecule has 1 amide bonds. The Morgan fingerprint density at radius 1 is 1.14 bits per heavy atom. The molecule has 4 bridgehead atoms. The van der Waals surface area contributed by atoms with E-state index >= 15 is 0 Å². The largest absolute Gasteiger partial charge is 0.349 e. The number of hydrogen-bond acceptors (Lipinski definition) is 2. The molecule has 0 saturated heterocycles. The number of halogens is 1. The zero-order valence-electron chi connectivity index (χ0n) is 12.5. The maximum Gasteiger partial charge on any atom is 0.247 e. The Morgan fingerprint density at radius 3 is 2.24 bits per heavy atom. The van der Waals surface area contributed by atoms with Gasteiger partial charge in [0.2, 0.25) is 5.91 Å². The van der Waals surface area contributed by atoms with Gasteiger partial charge in [-0.05, 0) is 75.5 Å². The molecule has 0 radical (unpaired) electrons. The fourth-order valence-electron chi connectivity index (χ4n) is 4.75. The second-order valence-electron chi connectivity index (χ2n) is 6.93. The Labute approximate surface area is 131 Å². The third kappa shape index (κ3) is 3.08. The Bertz CT molecular complexity index is 481. The van der Waals surface area contributed by atoms with Gasteiger partial charge in [0, 0.05) is 11.6 Å². The van der Waals surface area contributed by atoms with E-state index in [-0.39, 0.29) is 5.91 Å². The predicted octanol–water partition coefficient (Wildman–Crippen LogP) is 3.65. The summed E-state index contributed by atoms with van der Waals surface area (Å²) in [6.07, 6.45) is 10.0. The van der Waals surface area contributed by atoms with E-state index < -0.39 is 0 Å². The zero-order valence-corrected chi connectivity index (χ0v) is 13.3. The van der Waals surface area contributed by atoms with Gasteiger partial charge >= 0.3 is 0 Å². The molecule has 4 aliphatic carbocycles. The molecule has 0 atom stereocenters. The van der Waals surface area contributed by atoms with Crippen molar-refractivity contribution in [2.24, 2.45) is 28.7 Å². The van der Waals surface area contributed by atoms with E-state index in [4.69, 9.17) is 11.6 Å². The molecule has 0 aromatic rings. The lowest BCUT2D eigenvalue weighted by Crippen LogP contribution is -2.55. The average Bonchev–Trinajstić information content (AvgIpc) is 2.47. The summed E-state index contributed by atoms with van der Waals surface area (Å²) in [5, 5.41) is 3.58. The van der Waals surface area contributed by atoms with Gasteiger partial charge in [0.1, 0.15) is 5.16 Å². The number of carbonyl (C=O) groups excluding carboxylic acids is 1. The molecule has 4 aliphatic rings. The lowest BCUT2D eigenvalue weighted by molar-refractivity contribution is -0.121. The van der Waals surface area contributed by atoms with Gasteiger partial charge in [-0.1, -0.05) is 17.7 Å². The van der Waals surface area contributed by atoms with Crippen molar-refractivity contribution in [2.45, 2.75) is 45.1 Å². The van der Waals surface area contributed by atoms with Crippen LogP contribution < -0.4 is 5.32 Å². The standard InChI is InChI=1S/C17H23ClN2O/c1-10(3-4-15(18)19-2)17(21)20-16-13-6-11-5-12(8-13)9-14(16)7-11/h3-4,11-14,16H,2,5-9H2,1H3,(H,20,21)/b10-3+,15-4-. The number of nitrogens with one attached hydrogen (secondary N) is 1. The minimum absolute atomic E-state index is 0.0252. The minimum Gasteiger partial charge on any atom is -0.349 e. The fraction of sp³-hybridized carbons (Fsp3) is 0.647. The van der Waals surface area contributed by atoms with Crippen molar-refractivity contribution in [1.82, 2.24) is 5.32 Å². The van der Waals surface area contributed by atoms with Crippen LogP contribution in [0.15, 0.2) is 27.9 Å². The summed E-state index contributed by atoms with van der Waals surface area (Å²) in [6.45, 7) is 5.16. The van der Waals surface area contributed by atoms with Crippen LogP contribution in [0.25, 0.3) is 0 Å². The Morgan fingerprint density at radius 2 is 1.71 bits per heavy atom. The van der Waals surface area contributed by atoms with Crippen molar-refractivity contribution in [3.05, 3.63) is 22.9 Å². The number of aliphatic imine (C=N–C) groups is 1. The van der Waals surface area contributed by atoms with Crippen molar-refractivity contribution in [3.63, 3.8) is 0 Å². The van der Waals surface area contributed by atoms with Crippen molar-refractivity contribution >= 4 is 24.2 Å². The van der Waals surface area contributed by atoms with Crippen molar-refractivity contribution < 1.29 is 4.79 Å². The maximum absolute atomic E-state index is 12.3. The molecule has 4 heteroatoms. The summed E-state index contributed by atoms with van der Waals surface area (Å²) in [7, 11) is 0. The minimum atomic E-state index is 0.0252. The molecule has 0 unspecified atom stereocenters. The molecular formula is C17H23ClN2O. The lowest BCUT2D eigenvalue weighted by Gasteiger charge is -2.54. The normalized spacial score (nSPS) is 38.5. The summed E-state index contributed by atoms with van der Waals surface area (Å²) in [6, 6.07) is 0.380. The van der Waals surface area contributed by atoms with Crippen LogP contribution in [0.4, 0.5) is 0 Å². The van der Waals surface area contributed by atoms with Gasteiger partial charge < -0.3 is 5.32 Å². The van der Waals surface area contributed by atoms with Gasteiger partial charge in [-0.15, -0.1) is 0 Å². The van der Waals surface area contributed by atoms with Gasteiger partial charge in [-0.3, -0.25) is 9.79 Å². The Balaban J connectivity index is 1.64. The average molecular weight is 307 g/mol.